The highest BCUT2D eigenvalue weighted by atomic mass is 16.5. The molecule has 0 spiro atoms. The Morgan fingerprint density at radius 3 is 2.56 bits per heavy atom. The first-order chi connectivity index (χ1) is 15.7. The Kier molecular flexibility index (Phi) is 7.30. The van der Waals surface area contributed by atoms with Crippen LogP contribution in [0.15, 0.2) is 67.0 Å². The average molecular weight is 432 g/mol. The van der Waals surface area contributed by atoms with Crippen LogP contribution in [0.25, 0.3) is 0 Å². The molecule has 1 N–H and O–H groups in total. The molecular weight excluding hydrogens is 402 g/mol. The van der Waals surface area contributed by atoms with Crippen LogP contribution in [0.2, 0.25) is 0 Å². The summed E-state index contributed by atoms with van der Waals surface area (Å²) in [5, 5.41) is 3.02. The lowest BCUT2D eigenvalue weighted by Crippen LogP contribution is -2.49. The van der Waals surface area contributed by atoms with Crippen LogP contribution in [-0.2, 0) is 6.61 Å². The normalized spacial score (nSPS) is 14.2. The summed E-state index contributed by atoms with van der Waals surface area (Å²) in [6.45, 7) is 7.59. The quantitative estimate of drug-likeness (QED) is 0.591. The number of piperazine rings is 1. The lowest BCUT2D eigenvalue weighted by molar-refractivity contribution is 0.0947. The van der Waals surface area contributed by atoms with Gasteiger partial charge in [0.1, 0.15) is 12.4 Å². The van der Waals surface area contributed by atoms with Gasteiger partial charge in [0, 0.05) is 57.2 Å². The number of hydrogen-bond acceptors (Lipinski definition) is 6. The van der Waals surface area contributed by atoms with Crippen LogP contribution >= 0.6 is 0 Å². The van der Waals surface area contributed by atoms with E-state index in [2.05, 4.69) is 44.1 Å². The van der Waals surface area contributed by atoms with Crippen LogP contribution < -0.4 is 15.0 Å². The first-order valence-corrected chi connectivity index (χ1v) is 11.0. The van der Waals surface area contributed by atoms with Crippen molar-refractivity contribution in [3.63, 3.8) is 0 Å². The zero-order valence-electron chi connectivity index (χ0n) is 18.4. The Morgan fingerprint density at radius 1 is 1.00 bits per heavy atom. The van der Waals surface area contributed by atoms with Crippen molar-refractivity contribution in [3.8, 4) is 5.75 Å². The topological polar surface area (TPSA) is 70.6 Å². The molecule has 0 radical (unpaired) electrons. The second-order valence-electron chi connectivity index (χ2n) is 7.94. The van der Waals surface area contributed by atoms with E-state index in [0.717, 1.165) is 44.2 Å². The molecule has 0 unspecified atom stereocenters. The Balaban J connectivity index is 1.20. The minimum absolute atomic E-state index is 0.0812. The highest BCUT2D eigenvalue weighted by molar-refractivity contribution is 5.94. The molecule has 166 valence electrons. The highest BCUT2D eigenvalue weighted by Gasteiger charge is 2.18. The van der Waals surface area contributed by atoms with Gasteiger partial charge in [-0.2, -0.15) is 0 Å². The van der Waals surface area contributed by atoms with E-state index >= 15 is 0 Å². The number of nitrogens with one attached hydrogen (secondary N) is 1. The van der Waals surface area contributed by atoms with Crippen molar-refractivity contribution >= 4 is 11.9 Å². The van der Waals surface area contributed by atoms with Gasteiger partial charge in [-0.25, -0.2) is 9.97 Å². The number of rotatable bonds is 8. The number of aromatic nitrogens is 2. The predicted molar refractivity (Wildman–Crippen MR) is 125 cm³/mol. The van der Waals surface area contributed by atoms with Crippen LogP contribution in [0.3, 0.4) is 0 Å². The van der Waals surface area contributed by atoms with E-state index in [4.69, 9.17) is 4.74 Å². The molecule has 0 atom stereocenters. The van der Waals surface area contributed by atoms with Crippen molar-refractivity contribution in [2.75, 3.05) is 44.2 Å². The maximum Gasteiger partial charge on any atom is 0.251 e. The summed E-state index contributed by atoms with van der Waals surface area (Å²) < 4.78 is 5.88. The summed E-state index contributed by atoms with van der Waals surface area (Å²) >= 11 is 0. The average Bonchev–Trinajstić information content (AvgIpc) is 2.84. The van der Waals surface area contributed by atoms with Crippen molar-refractivity contribution in [3.05, 3.63) is 83.7 Å². The van der Waals surface area contributed by atoms with Gasteiger partial charge in [0.25, 0.3) is 5.91 Å². The monoisotopic (exact) mass is 431 g/mol. The minimum Gasteiger partial charge on any atom is -0.489 e. The maximum atomic E-state index is 12.6. The number of carbonyl (C=O) groups is 1. The van der Waals surface area contributed by atoms with E-state index in [1.165, 1.54) is 5.56 Å². The van der Waals surface area contributed by atoms with Gasteiger partial charge in [0.05, 0.1) is 0 Å². The summed E-state index contributed by atoms with van der Waals surface area (Å²) in [5.74, 6) is 1.39. The van der Waals surface area contributed by atoms with E-state index in [-0.39, 0.29) is 5.91 Å². The molecular formula is C25H29N5O2. The van der Waals surface area contributed by atoms with E-state index < -0.39 is 0 Å². The van der Waals surface area contributed by atoms with Crippen molar-refractivity contribution in [2.45, 2.75) is 13.5 Å². The van der Waals surface area contributed by atoms with Crippen molar-refractivity contribution in [1.82, 2.24) is 20.2 Å². The molecule has 1 aliphatic heterocycles. The number of benzene rings is 2. The van der Waals surface area contributed by atoms with Crippen LogP contribution in [-0.4, -0.2) is 60.0 Å². The third-order valence-electron chi connectivity index (χ3n) is 5.51. The number of aryl methyl sites for hydroxylation is 1. The number of ether oxygens (including phenoxy) is 1. The molecule has 3 aromatic rings. The number of hydrogen-bond donors (Lipinski definition) is 1. The predicted octanol–water partition coefficient (Wildman–Crippen LogP) is 2.92. The van der Waals surface area contributed by atoms with E-state index in [0.29, 0.717) is 24.5 Å². The Bertz CT molecular complexity index is 1020. The van der Waals surface area contributed by atoms with Crippen molar-refractivity contribution in [1.29, 1.82) is 0 Å². The summed E-state index contributed by atoms with van der Waals surface area (Å²) in [6, 6.07) is 17.4. The first kappa shape index (κ1) is 21.8. The Morgan fingerprint density at radius 2 is 1.78 bits per heavy atom. The summed E-state index contributed by atoms with van der Waals surface area (Å²) in [7, 11) is 0. The van der Waals surface area contributed by atoms with Gasteiger partial charge in [0.2, 0.25) is 5.95 Å². The third kappa shape index (κ3) is 6.04. The highest BCUT2D eigenvalue weighted by Crippen LogP contribution is 2.16. The molecule has 1 amide bonds. The number of nitrogens with zero attached hydrogens (tertiary/aromatic N) is 4. The third-order valence-corrected chi connectivity index (χ3v) is 5.51. The zero-order chi connectivity index (χ0) is 22.2. The first-order valence-electron chi connectivity index (χ1n) is 11.0. The largest absolute Gasteiger partial charge is 0.489 e. The molecule has 2 heterocycles. The zero-order valence-corrected chi connectivity index (χ0v) is 18.4. The van der Waals surface area contributed by atoms with Gasteiger partial charge in [0.15, 0.2) is 0 Å². The summed E-state index contributed by atoms with van der Waals surface area (Å²) in [4.78, 5) is 25.8. The van der Waals surface area contributed by atoms with Crippen molar-refractivity contribution < 1.29 is 9.53 Å². The van der Waals surface area contributed by atoms with Crippen molar-refractivity contribution in [2.24, 2.45) is 0 Å². The van der Waals surface area contributed by atoms with Crippen LogP contribution in [0.5, 0.6) is 5.75 Å². The van der Waals surface area contributed by atoms with Gasteiger partial charge < -0.3 is 15.0 Å². The Labute approximate surface area is 189 Å². The van der Waals surface area contributed by atoms with E-state index in [1.807, 2.05) is 36.4 Å². The van der Waals surface area contributed by atoms with Crippen LogP contribution in [0, 0.1) is 6.92 Å². The smallest absolute Gasteiger partial charge is 0.251 e. The molecule has 1 aliphatic rings. The Hall–Kier alpha value is -3.45. The van der Waals surface area contributed by atoms with Crippen LogP contribution in [0.1, 0.15) is 21.5 Å². The molecule has 1 aromatic heterocycles. The molecule has 4 rings (SSSR count). The molecule has 7 heteroatoms. The molecule has 0 aliphatic carbocycles. The lowest BCUT2D eigenvalue weighted by atomic mass is 10.1. The number of amides is 1. The van der Waals surface area contributed by atoms with Crippen LogP contribution in [0.4, 0.5) is 5.95 Å². The summed E-state index contributed by atoms with van der Waals surface area (Å²) in [5.41, 5.74) is 2.92. The molecule has 1 fully saturated rings. The SMILES string of the molecule is Cc1cccc(COc2cccc(C(=O)NCCN3CCN(c4ncccn4)CC3)c2)c1. The fraction of sp³-hybridized carbons (Fsp3) is 0.320. The molecule has 32 heavy (non-hydrogen) atoms. The number of carbonyl (C=O) groups excluding carboxylic acids is 1. The molecule has 0 bridgehead atoms. The van der Waals surface area contributed by atoms with Gasteiger partial charge in [-0.15, -0.1) is 0 Å². The lowest BCUT2D eigenvalue weighted by Gasteiger charge is -2.34. The molecule has 0 saturated carbocycles. The maximum absolute atomic E-state index is 12.6. The molecule has 2 aromatic carbocycles. The van der Waals surface area contributed by atoms with Gasteiger partial charge >= 0.3 is 0 Å². The van der Waals surface area contributed by atoms with Gasteiger partial charge in [-0.3, -0.25) is 9.69 Å². The fourth-order valence-electron chi connectivity index (χ4n) is 3.75. The standard InChI is InChI=1S/C25H29N5O2/c1-20-5-2-6-21(17-20)19-32-23-8-3-7-22(18-23)24(31)26-11-12-29-13-15-30(16-14-29)25-27-9-4-10-28-25/h2-10,17-18H,11-16,19H2,1H3,(H,26,31). The van der Waals surface area contributed by atoms with Gasteiger partial charge in [-0.1, -0.05) is 35.9 Å². The minimum atomic E-state index is -0.0812. The molecule has 1 saturated heterocycles. The second-order valence-corrected chi connectivity index (χ2v) is 7.94. The van der Waals surface area contributed by atoms with E-state index in [1.54, 1.807) is 18.5 Å². The molecule has 7 nitrogen and oxygen atoms in total. The fourth-order valence-corrected chi connectivity index (χ4v) is 3.75. The summed E-state index contributed by atoms with van der Waals surface area (Å²) in [6.07, 6.45) is 3.54. The second kappa shape index (κ2) is 10.7. The number of anilines is 1. The van der Waals surface area contributed by atoms with E-state index in [9.17, 15) is 4.79 Å². The van der Waals surface area contributed by atoms with Gasteiger partial charge in [-0.05, 0) is 36.8 Å².